The van der Waals surface area contributed by atoms with Gasteiger partial charge in [0.2, 0.25) is 11.8 Å². The smallest absolute Gasteiger partial charge is 0.249 e. The number of amides is 1. The monoisotopic (exact) mass is 240 g/mol. The fourth-order valence-electron chi connectivity index (χ4n) is 2.48. The highest BCUT2D eigenvalue weighted by Crippen LogP contribution is 2.56. The third kappa shape index (κ3) is 2.08. The number of hydrogen-bond donors (Lipinski definition) is 1. The zero-order valence-corrected chi connectivity index (χ0v) is 9.32. The van der Waals surface area contributed by atoms with Crippen molar-refractivity contribution in [1.29, 1.82) is 0 Å². The summed E-state index contributed by atoms with van der Waals surface area (Å²) in [5, 5.41) is 0. The van der Waals surface area contributed by atoms with Crippen molar-refractivity contribution in [3.8, 4) is 0 Å². The van der Waals surface area contributed by atoms with Crippen LogP contribution in [0.1, 0.15) is 19.8 Å². The maximum absolute atomic E-state index is 12.6. The lowest BCUT2D eigenvalue weighted by molar-refractivity contribution is -0.215. The van der Waals surface area contributed by atoms with Gasteiger partial charge in [-0.05, 0) is 6.92 Å². The van der Waals surface area contributed by atoms with Gasteiger partial charge >= 0.3 is 0 Å². The fourth-order valence-corrected chi connectivity index (χ4v) is 2.48. The van der Waals surface area contributed by atoms with Crippen molar-refractivity contribution in [2.24, 2.45) is 11.1 Å². The van der Waals surface area contributed by atoms with Crippen LogP contribution in [0.15, 0.2) is 0 Å². The van der Waals surface area contributed by atoms with Gasteiger partial charge in [-0.2, -0.15) is 0 Å². The molecule has 1 spiro atoms. The summed E-state index contributed by atoms with van der Waals surface area (Å²) in [6.45, 7) is 2.54. The Hall–Kier alpha value is -0.420. The predicted molar refractivity (Wildman–Crippen MR) is 54.1 cm³/mol. The molecule has 2 aliphatic rings. The van der Waals surface area contributed by atoms with Gasteiger partial charge in [0, 0.05) is 31.3 Å². The summed E-state index contributed by atoms with van der Waals surface area (Å²) in [7, 11) is 0. The van der Waals surface area contributed by atoms with Gasteiger partial charge in [-0.15, -0.1) is 12.4 Å². The summed E-state index contributed by atoms with van der Waals surface area (Å²) in [5.74, 6) is -2.63. The Morgan fingerprint density at radius 2 is 1.87 bits per heavy atom. The minimum absolute atomic E-state index is 0. The lowest BCUT2D eigenvalue weighted by Crippen LogP contribution is -2.68. The Morgan fingerprint density at radius 1 is 1.40 bits per heavy atom. The van der Waals surface area contributed by atoms with Gasteiger partial charge in [0.15, 0.2) is 0 Å². The normalized spacial score (nSPS) is 27.3. The lowest BCUT2D eigenvalue weighted by atomic mass is 9.61. The molecule has 1 aliphatic heterocycles. The third-order valence-corrected chi connectivity index (χ3v) is 3.02. The topological polar surface area (TPSA) is 46.3 Å². The van der Waals surface area contributed by atoms with Crippen LogP contribution in [0, 0.1) is 5.41 Å². The first kappa shape index (κ1) is 12.6. The molecule has 1 heterocycles. The standard InChI is InChI=1S/C9H14F2N2O.ClH/c1-6(12)7(14)13-4-8(5-13)2-9(10,11)3-8;/h6H,2-5,12H2,1H3;1H. The zero-order valence-electron chi connectivity index (χ0n) is 8.50. The lowest BCUT2D eigenvalue weighted by Gasteiger charge is -2.58. The van der Waals surface area contributed by atoms with Crippen molar-refractivity contribution in [3.63, 3.8) is 0 Å². The van der Waals surface area contributed by atoms with E-state index in [9.17, 15) is 13.6 Å². The Bertz CT molecular complexity index is 267. The molecular weight excluding hydrogens is 226 g/mol. The molecule has 1 saturated carbocycles. The van der Waals surface area contributed by atoms with Gasteiger partial charge in [0.1, 0.15) is 0 Å². The second kappa shape index (κ2) is 3.56. The molecule has 1 saturated heterocycles. The maximum atomic E-state index is 12.6. The number of nitrogens with zero attached hydrogens (tertiary/aromatic N) is 1. The quantitative estimate of drug-likeness (QED) is 0.744. The van der Waals surface area contributed by atoms with Crippen LogP contribution in [-0.2, 0) is 4.79 Å². The number of likely N-dealkylation sites (tertiary alicyclic amines) is 1. The molecule has 3 nitrogen and oxygen atoms in total. The molecule has 1 atom stereocenters. The van der Waals surface area contributed by atoms with E-state index in [4.69, 9.17) is 5.73 Å². The van der Waals surface area contributed by atoms with Crippen molar-refractivity contribution in [1.82, 2.24) is 4.90 Å². The van der Waals surface area contributed by atoms with E-state index in [-0.39, 0.29) is 36.6 Å². The minimum Gasteiger partial charge on any atom is -0.340 e. The molecule has 0 aromatic carbocycles. The Kier molecular flexibility index (Phi) is 3.00. The average molecular weight is 241 g/mol. The van der Waals surface area contributed by atoms with Gasteiger partial charge in [0.05, 0.1) is 6.04 Å². The molecule has 1 unspecified atom stereocenters. The first-order valence-electron chi connectivity index (χ1n) is 4.76. The summed E-state index contributed by atoms with van der Waals surface area (Å²) >= 11 is 0. The molecule has 0 aromatic heterocycles. The first-order valence-corrected chi connectivity index (χ1v) is 4.76. The molecule has 1 aliphatic carbocycles. The number of alkyl halides is 2. The second-order valence-electron chi connectivity index (χ2n) is 4.69. The summed E-state index contributed by atoms with van der Waals surface area (Å²) < 4.78 is 25.2. The molecular formula is C9H15ClF2N2O. The fraction of sp³-hybridized carbons (Fsp3) is 0.889. The van der Waals surface area contributed by atoms with E-state index >= 15 is 0 Å². The largest absolute Gasteiger partial charge is 0.340 e. The highest BCUT2D eigenvalue weighted by Gasteiger charge is 2.62. The van der Waals surface area contributed by atoms with Crippen LogP contribution in [-0.4, -0.2) is 35.9 Å². The van der Waals surface area contributed by atoms with E-state index in [0.29, 0.717) is 13.1 Å². The molecule has 15 heavy (non-hydrogen) atoms. The van der Waals surface area contributed by atoms with E-state index in [1.165, 1.54) is 0 Å². The van der Waals surface area contributed by atoms with Crippen LogP contribution < -0.4 is 5.73 Å². The van der Waals surface area contributed by atoms with E-state index in [0.717, 1.165) is 0 Å². The van der Waals surface area contributed by atoms with Crippen LogP contribution in [0.5, 0.6) is 0 Å². The van der Waals surface area contributed by atoms with E-state index in [1.54, 1.807) is 11.8 Å². The first-order chi connectivity index (χ1) is 6.34. The van der Waals surface area contributed by atoms with E-state index < -0.39 is 12.0 Å². The van der Waals surface area contributed by atoms with Crippen molar-refractivity contribution >= 4 is 18.3 Å². The van der Waals surface area contributed by atoms with Crippen LogP contribution in [0.25, 0.3) is 0 Å². The third-order valence-electron chi connectivity index (χ3n) is 3.02. The van der Waals surface area contributed by atoms with E-state index in [2.05, 4.69) is 0 Å². The number of hydrogen-bond acceptors (Lipinski definition) is 2. The highest BCUT2D eigenvalue weighted by molar-refractivity contribution is 5.85. The van der Waals surface area contributed by atoms with E-state index in [1.807, 2.05) is 0 Å². The summed E-state index contributed by atoms with van der Waals surface area (Å²) in [6.07, 6.45) is -0.133. The van der Waals surface area contributed by atoms with Gasteiger partial charge in [-0.1, -0.05) is 0 Å². The molecule has 0 aromatic rings. The molecule has 2 N–H and O–H groups in total. The number of carbonyl (C=O) groups excluding carboxylic acids is 1. The zero-order chi connectivity index (χ0) is 10.6. The number of carbonyl (C=O) groups is 1. The molecule has 0 bridgehead atoms. The van der Waals surface area contributed by atoms with Crippen LogP contribution >= 0.6 is 12.4 Å². The van der Waals surface area contributed by atoms with Crippen molar-refractivity contribution < 1.29 is 13.6 Å². The van der Waals surface area contributed by atoms with Gasteiger partial charge < -0.3 is 10.6 Å². The SMILES string of the molecule is CC(N)C(=O)N1CC2(C1)CC(F)(F)C2.Cl. The Labute approximate surface area is 93.4 Å². The second-order valence-corrected chi connectivity index (χ2v) is 4.69. The summed E-state index contributed by atoms with van der Waals surface area (Å²) in [6, 6.07) is -0.520. The van der Waals surface area contributed by atoms with Crippen molar-refractivity contribution in [2.75, 3.05) is 13.1 Å². The van der Waals surface area contributed by atoms with Crippen LogP contribution in [0.4, 0.5) is 8.78 Å². The maximum Gasteiger partial charge on any atom is 0.249 e. The van der Waals surface area contributed by atoms with Crippen molar-refractivity contribution in [2.45, 2.75) is 31.7 Å². The highest BCUT2D eigenvalue weighted by atomic mass is 35.5. The van der Waals surface area contributed by atoms with Crippen LogP contribution in [0.2, 0.25) is 0 Å². The van der Waals surface area contributed by atoms with Gasteiger partial charge in [-0.25, -0.2) is 8.78 Å². The Balaban J connectivity index is 0.00000112. The summed E-state index contributed by atoms with van der Waals surface area (Å²) in [5.41, 5.74) is 5.12. The summed E-state index contributed by atoms with van der Waals surface area (Å²) in [4.78, 5) is 12.9. The molecule has 88 valence electrons. The molecule has 2 fully saturated rings. The average Bonchev–Trinajstić information content (AvgIpc) is 1.93. The molecule has 0 radical (unpaired) electrons. The molecule has 2 rings (SSSR count). The Morgan fingerprint density at radius 3 is 2.20 bits per heavy atom. The predicted octanol–water partition coefficient (Wildman–Crippen LogP) is 1.01. The van der Waals surface area contributed by atoms with Crippen LogP contribution in [0.3, 0.4) is 0 Å². The minimum atomic E-state index is -2.50. The van der Waals surface area contributed by atoms with Gasteiger partial charge in [0.25, 0.3) is 0 Å². The molecule has 1 amide bonds. The van der Waals surface area contributed by atoms with Crippen molar-refractivity contribution in [3.05, 3.63) is 0 Å². The number of halogens is 3. The molecule has 6 heteroatoms. The van der Waals surface area contributed by atoms with Gasteiger partial charge in [-0.3, -0.25) is 4.79 Å². The number of nitrogens with two attached hydrogens (primary N) is 1. The number of rotatable bonds is 1.